The Bertz CT molecular complexity index is 3610. The van der Waals surface area contributed by atoms with Crippen LogP contribution in [0.25, 0.3) is 87.7 Å². The van der Waals surface area contributed by atoms with Gasteiger partial charge in [-0.3, -0.25) is 0 Å². The van der Waals surface area contributed by atoms with Crippen LogP contribution in [0.4, 0.5) is 34.1 Å². The third-order valence-electron chi connectivity index (χ3n) is 13.0. The summed E-state index contributed by atoms with van der Waals surface area (Å²) in [7, 11) is 0. The largest absolute Gasteiger partial charge is 0.455 e. The molecule has 13 aromatic rings. The molecule has 0 fully saturated rings. The lowest BCUT2D eigenvalue weighted by molar-refractivity contribution is 0.669. The van der Waals surface area contributed by atoms with Gasteiger partial charge >= 0.3 is 0 Å². The number of benzene rings is 11. The van der Waals surface area contributed by atoms with Gasteiger partial charge in [0.1, 0.15) is 22.3 Å². The first-order chi connectivity index (χ1) is 32.8. The minimum atomic E-state index is 0.897. The van der Waals surface area contributed by atoms with Gasteiger partial charge in [-0.2, -0.15) is 0 Å². The molecule has 0 atom stereocenters. The lowest BCUT2D eigenvalue weighted by Gasteiger charge is -2.33. The molecule has 4 heteroatoms. The minimum Gasteiger partial charge on any atom is -0.455 e. The summed E-state index contributed by atoms with van der Waals surface area (Å²) in [6, 6.07) is 86.4. The van der Waals surface area contributed by atoms with Crippen LogP contribution in [0, 0.1) is 0 Å². The molecule has 11 aromatic carbocycles. The molecule has 4 nitrogen and oxygen atoms in total. The van der Waals surface area contributed by atoms with Gasteiger partial charge in [0.05, 0.1) is 11.4 Å². The number of furan rings is 2. The molecule has 0 saturated heterocycles. The molecule has 0 unspecified atom stereocenters. The van der Waals surface area contributed by atoms with Gasteiger partial charge in [0, 0.05) is 77.0 Å². The van der Waals surface area contributed by atoms with Crippen molar-refractivity contribution in [1.82, 2.24) is 0 Å². The first-order valence-corrected chi connectivity index (χ1v) is 22.4. The Morgan fingerprint density at radius 2 is 0.530 bits per heavy atom. The summed E-state index contributed by atoms with van der Waals surface area (Å²) in [5, 5.41) is 9.06. The molecular formula is C62H40N2O2. The van der Waals surface area contributed by atoms with E-state index in [0.29, 0.717) is 0 Å². The Morgan fingerprint density at radius 3 is 0.909 bits per heavy atom. The van der Waals surface area contributed by atoms with Crippen molar-refractivity contribution < 1.29 is 8.83 Å². The Kier molecular flexibility index (Phi) is 8.81. The third-order valence-corrected chi connectivity index (χ3v) is 13.0. The van der Waals surface area contributed by atoms with Crippen molar-refractivity contribution in [1.29, 1.82) is 0 Å². The van der Waals surface area contributed by atoms with Crippen LogP contribution in [-0.4, -0.2) is 0 Å². The summed E-state index contributed by atoms with van der Waals surface area (Å²) in [6.45, 7) is 0. The van der Waals surface area contributed by atoms with Crippen LogP contribution in [0.15, 0.2) is 251 Å². The molecule has 0 amide bonds. The Hall–Kier alpha value is -8.86. The second-order valence-corrected chi connectivity index (χ2v) is 16.8. The monoisotopic (exact) mass is 844 g/mol. The van der Waals surface area contributed by atoms with Crippen LogP contribution in [-0.2, 0) is 0 Å². The number of fused-ring (bicyclic) bond motifs is 8. The maximum atomic E-state index is 6.48. The average Bonchev–Trinajstić information content (AvgIpc) is 3.97. The fraction of sp³-hybridized carbons (Fsp3) is 0. The zero-order valence-corrected chi connectivity index (χ0v) is 35.8. The number of hydrogen-bond donors (Lipinski definition) is 0. The molecule has 2 heterocycles. The summed E-state index contributed by atoms with van der Waals surface area (Å²) in [6.07, 6.45) is 0. The number of nitrogens with zero attached hydrogens (tertiary/aromatic N) is 2. The molecule has 0 saturated carbocycles. The second-order valence-electron chi connectivity index (χ2n) is 16.8. The summed E-state index contributed by atoms with van der Waals surface area (Å²) < 4.78 is 13.0. The van der Waals surface area contributed by atoms with Gasteiger partial charge < -0.3 is 18.6 Å². The topological polar surface area (TPSA) is 32.8 Å². The van der Waals surface area contributed by atoms with Gasteiger partial charge in [-0.05, 0) is 71.8 Å². The van der Waals surface area contributed by atoms with Crippen molar-refractivity contribution >= 4 is 99.5 Å². The van der Waals surface area contributed by atoms with Crippen LogP contribution >= 0.6 is 0 Å². The van der Waals surface area contributed by atoms with E-state index in [2.05, 4.69) is 228 Å². The van der Waals surface area contributed by atoms with Gasteiger partial charge in [-0.1, -0.05) is 182 Å². The maximum absolute atomic E-state index is 6.48. The SMILES string of the molecule is c1ccc(N(c2ccc(-c3cccc4c3oc3ccccc34)cc2)c2c3ccccc3c(N(c3ccccc3)c3ccc(-c4cccc5c4oc4ccccc45)cc3)c3ccccc23)cc1. The number of rotatable bonds is 8. The lowest BCUT2D eigenvalue weighted by Crippen LogP contribution is -2.14. The third kappa shape index (κ3) is 6.07. The molecule has 2 aromatic heterocycles. The number of hydrogen-bond acceptors (Lipinski definition) is 4. The van der Waals surface area contributed by atoms with E-state index in [4.69, 9.17) is 8.83 Å². The van der Waals surface area contributed by atoms with Crippen LogP contribution < -0.4 is 9.80 Å². The van der Waals surface area contributed by atoms with Crippen LogP contribution in [0.2, 0.25) is 0 Å². The molecule has 0 aliphatic carbocycles. The van der Waals surface area contributed by atoms with Crippen LogP contribution in [0.5, 0.6) is 0 Å². The quantitative estimate of drug-likeness (QED) is 0.113. The molecule has 0 N–H and O–H groups in total. The zero-order valence-electron chi connectivity index (χ0n) is 35.8. The highest BCUT2D eigenvalue weighted by molar-refractivity contribution is 6.23. The van der Waals surface area contributed by atoms with E-state index >= 15 is 0 Å². The normalized spacial score (nSPS) is 11.6. The second kappa shape index (κ2) is 15.4. The maximum Gasteiger partial charge on any atom is 0.143 e. The fourth-order valence-corrected chi connectivity index (χ4v) is 10.1. The smallest absolute Gasteiger partial charge is 0.143 e. The Balaban J connectivity index is 0.987. The van der Waals surface area contributed by atoms with E-state index in [0.717, 1.165) is 122 Å². The van der Waals surface area contributed by atoms with E-state index in [1.54, 1.807) is 0 Å². The van der Waals surface area contributed by atoms with Gasteiger partial charge in [0.15, 0.2) is 0 Å². The van der Waals surface area contributed by atoms with E-state index in [1.807, 2.05) is 24.3 Å². The van der Waals surface area contributed by atoms with Crippen molar-refractivity contribution in [3.05, 3.63) is 243 Å². The number of anilines is 6. The van der Waals surface area contributed by atoms with Crippen molar-refractivity contribution in [2.45, 2.75) is 0 Å². The molecule has 66 heavy (non-hydrogen) atoms. The number of para-hydroxylation sites is 6. The molecule has 0 spiro atoms. The summed E-state index contributed by atoms with van der Waals surface area (Å²) >= 11 is 0. The van der Waals surface area contributed by atoms with Gasteiger partial charge in [0.25, 0.3) is 0 Å². The molecule has 310 valence electrons. The molecule has 0 aliphatic heterocycles. The zero-order chi connectivity index (χ0) is 43.6. The molecule has 0 bridgehead atoms. The highest BCUT2D eigenvalue weighted by Gasteiger charge is 2.26. The summed E-state index contributed by atoms with van der Waals surface area (Å²) in [5.41, 5.74) is 14.4. The van der Waals surface area contributed by atoms with E-state index in [1.165, 1.54) is 0 Å². The molecule has 0 radical (unpaired) electrons. The molecule has 13 rings (SSSR count). The van der Waals surface area contributed by atoms with Gasteiger partial charge in [-0.25, -0.2) is 0 Å². The predicted octanol–water partition coefficient (Wildman–Crippen LogP) is 18.1. The highest BCUT2D eigenvalue weighted by atomic mass is 16.3. The molecule has 0 aliphatic rings. The minimum absolute atomic E-state index is 0.897. The standard InChI is InChI=1S/C62H40N2O2/c1-3-17-43(18-4-1)63(45-37-33-41(34-38-45)47-27-15-29-55-49-21-11-13-31-57(49)65-61(47)55)59-51-23-7-9-25-53(51)60(54-26-10-8-24-52(54)59)64(44-19-5-2-6-20-44)46-39-35-42(36-40-46)48-28-16-30-56-50-22-12-14-32-58(50)66-62(48)56/h1-40H. The fourth-order valence-electron chi connectivity index (χ4n) is 10.1. The van der Waals surface area contributed by atoms with Crippen LogP contribution in [0.3, 0.4) is 0 Å². The van der Waals surface area contributed by atoms with E-state index in [9.17, 15) is 0 Å². The predicted molar refractivity (Wildman–Crippen MR) is 276 cm³/mol. The highest BCUT2D eigenvalue weighted by Crippen LogP contribution is 2.51. The van der Waals surface area contributed by atoms with Gasteiger partial charge in [-0.15, -0.1) is 0 Å². The van der Waals surface area contributed by atoms with Crippen LogP contribution in [0.1, 0.15) is 0 Å². The average molecular weight is 845 g/mol. The van der Waals surface area contributed by atoms with Gasteiger partial charge in [0.2, 0.25) is 0 Å². The van der Waals surface area contributed by atoms with Crippen molar-refractivity contribution in [3.8, 4) is 22.3 Å². The van der Waals surface area contributed by atoms with Crippen molar-refractivity contribution in [2.75, 3.05) is 9.80 Å². The van der Waals surface area contributed by atoms with Crippen molar-refractivity contribution in [3.63, 3.8) is 0 Å². The first-order valence-electron chi connectivity index (χ1n) is 22.4. The first kappa shape index (κ1) is 37.7. The summed E-state index contributed by atoms with van der Waals surface area (Å²) in [4.78, 5) is 4.83. The summed E-state index contributed by atoms with van der Waals surface area (Å²) in [5.74, 6) is 0. The molecular weight excluding hydrogens is 805 g/mol. The Labute approximate surface area is 381 Å². The van der Waals surface area contributed by atoms with E-state index < -0.39 is 0 Å². The Morgan fingerprint density at radius 1 is 0.227 bits per heavy atom. The lowest BCUT2D eigenvalue weighted by atomic mass is 9.95. The van der Waals surface area contributed by atoms with Crippen molar-refractivity contribution in [2.24, 2.45) is 0 Å². The van der Waals surface area contributed by atoms with E-state index in [-0.39, 0.29) is 0 Å².